The molecule has 346 valence electrons. The number of esters is 1. The fraction of sp³-hybridized carbons (Fsp3) is 0.625. The summed E-state index contributed by atoms with van der Waals surface area (Å²) in [5.74, 6) is -2.13. The number of benzene rings is 1. The summed E-state index contributed by atoms with van der Waals surface area (Å²) in [6, 6.07) is 3.93. The van der Waals surface area contributed by atoms with Crippen molar-refractivity contribution in [2.75, 3.05) is 33.5 Å². The number of nitrogens with zero attached hydrogens (tertiary/aromatic N) is 3. The smallest absolute Gasteiger partial charge is 0.493 e. The lowest BCUT2D eigenvalue weighted by molar-refractivity contribution is -0.790. The maximum absolute atomic E-state index is 13.5. The van der Waals surface area contributed by atoms with Crippen molar-refractivity contribution in [3.05, 3.63) is 77.9 Å². The normalized spacial score (nSPS) is 25.7. The number of ketones is 2. The highest BCUT2D eigenvalue weighted by molar-refractivity contribution is 6.01. The SMILES string of the molecule is COc1cc(C(=O)OCCCCC(CO[N+](=O)[O-])O[N+](=O)[O-])ccc1OC(=O)OCC(=O)C1CCC2C3CCC4=CC(=O)C=CC4(C)C3C(O)CC12C.O=C(O)CCCO[N+](=O)[O-]. The number of aliphatic hydroxyl groups excluding tert-OH is 1. The van der Waals surface area contributed by atoms with Crippen LogP contribution < -0.4 is 9.47 Å². The van der Waals surface area contributed by atoms with Gasteiger partial charge in [0.1, 0.15) is 12.7 Å². The minimum atomic E-state index is -1.17. The number of Topliss-reactive ketones (excluding diaryl/α,β-unsaturated/α-hetero) is 1. The van der Waals surface area contributed by atoms with E-state index in [4.69, 9.17) is 24.1 Å². The zero-order valence-corrected chi connectivity index (χ0v) is 34.9. The molecule has 4 aliphatic rings. The van der Waals surface area contributed by atoms with E-state index in [1.54, 1.807) is 12.2 Å². The maximum Gasteiger partial charge on any atom is 0.514 e. The molecule has 0 aliphatic heterocycles. The van der Waals surface area contributed by atoms with E-state index < -0.39 is 75.5 Å². The summed E-state index contributed by atoms with van der Waals surface area (Å²) in [6.07, 6.45) is 6.38. The molecule has 8 atom stereocenters. The van der Waals surface area contributed by atoms with Crippen molar-refractivity contribution in [1.82, 2.24) is 0 Å². The molecule has 3 fully saturated rings. The van der Waals surface area contributed by atoms with Gasteiger partial charge in [-0.05, 0) is 105 Å². The summed E-state index contributed by atoms with van der Waals surface area (Å²) in [6.45, 7) is 2.79. The van der Waals surface area contributed by atoms with Gasteiger partial charge in [0.2, 0.25) is 0 Å². The average molecular weight is 894 g/mol. The summed E-state index contributed by atoms with van der Waals surface area (Å²) < 4.78 is 21.0. The number of carboxylic acid groups (broad SMARTS) is 1. The molecule has 0 spiro atoms. The number of hydrogen-bond donors (Lipinski definition) is 2. The second kappa shape index (κ2) is 22.1. The van der Waals surface area contributed by atoms with Gasteiger partial charge in [0.15, 0.2) is 29.7 Å². The van der Waals surface area contributed by atoms with Crippen molar-refractivity contribution < 1.29 is 82.9 Å². The van der Waals surface area contributed by atoms with Crippen LogP contribution in [0, 0.1) is 64.8 Å². The molecule has 0 amide bonds. The van der Waals surface area contributed by atoms with Gasteiger partial charge < -0.3 is 43.7 Å². The topological polar surface area (TPSA) is 320 Å². The highest BCUT2D eigenvalue weighted by Gasteiger charge is 2.62. The van der Waals surface area contributed by atoms with Crippen LogP contribution in [-0.4, -0.2) is 101 Å². The minimum absolute atomic E-state index is 0.0153. The zero-order chi connectivity index (χ0) is 46.5. The molecule has 0 radical (unpaired) electrons. The molecule has 0 bridgehead atoms. The lowest BCUT2D eigenvalue weighted by atomic mass is 9.46. The maximum atomic E-state index is 13.5. The first-order chi connectivity index (χ1) is 29.8. The van der Waals surface area contributed by atoms with Crippen molar-refractivity contribution in [2.45, 2.75) is 90.3 Å². The third-order valence-electron chi connectivity index (χ3n) is 12.3. The number of carbonyl (C=O) groups is 5. The first kappa shape index (κ1) is 49.3. The Morgan fingerprint density at radius 3 is 2.32 bits per heavy atom. The molecule has 23 heteroatoms. The van der Waals surface area contributed by atoms with E-state index in [2.05, 4.69) is 28.4 Å². The number of fused-ring (bicyclic) bond motifs is 5. The summed E-state index contributed by atoms with van der Waals surface area (Å²) in [7, 11) is 1.30. The predicted octanol–water partition coefficient (Wildman–Crippen LogP) is 4.85. The number of methoxy groups -OCH3 is 1. The quantitative estimate of drug-likeness (QED) is 0.0548. The van der Waals surface area contributed by atoms with E-state index >= 15 is 0 Å². The van der Waals surface area contributed by atoms with Crippen LogP contribution in [0.25, 0.3) is 0 Å². The van der Waals surface area contributed by atoms with Crippen molar-refractivity contribution >= 4 is 29.7 Å². The van der Waals surface area contributed by atoms with Crippen LogP contribution in [-0.2, 0) is 38.4 Å². The number of hydrogen-bond acceptors (Lipinski definition) is 19. The number of unbranched alkanes of at least 4 members (excludes halogenated alkanes) is 1. The summed E-state index contributed by atoms with van der Waals surface area (Å²) in [5, 5.41) is 46.9. The van der Waals surface area contributed by atoms with Crippen molar-refractivity contribution in [2.24, 2.45) is 34.5 Å². The molecule has 3 saturated carbocycles. The Labute approximate surface area is 359 Å². The van der Waals surface area contributed by atoms with Crippen molar-refractivity contribution in [3.8, 4) is 11.5 Å². The lowest BCUT2D eigenvalue weighted by Crippen LogP contribution is -2.56. The van der Waals surface area contributed by atoms with Crippen LogP contribution in [0.3, 0.4) is 0 Å². The zero-order valence-electron chi connectivity index (χ0n) is 34.9. The Hall–Kier alpha value is -6.39. The number of carbonyl (C=O) groups excluding carboxylic acids is 4. The van der Waals surface area contributed by atoms with Crippen LogP contribution in [0.5, 0.6) is 11.5 Å². The molecular formula is C40H51N3O20. The summed E-state index contributed by atoms with van der Waals surface area (Å²) in [5.41, 5.74) is 0.245. The molecule has 4 aliphatic carbocycles. The van der Waals surface area contributed by atoms with E-state index in [-0.39, 0.29) is 91.7 Å². The van der Waals surface area contributed by atoms with Crippen molar-refractivity contribution in [3.63, 3.8) is 0 Å². The lowest BCUT2D eigenvalue weighted by Gasteiger charge is -2.58. The minimum Gasteiger partial charge on any atom is -0.493 e. The van der Waals surface area contributed by atoms with Gasteiger partial charge in [-0.25, -0.2) is 9.59 Å². The first-order valence-electron chi connectivity index (χ1n) is 20.2. The number of aliphatic hydroxyl groups is 1. The van der Waals surface area contributed by atoms with Gasteiger partial charge in [-0.3, -0.25) is 14.4 Å². The Morgan fingerprint density at radius 1 is 0.921 bits per heavy atom. The van der Waals surface area contributed by atoms with Gasteiger partial charge in [0.25, 0.3) is 15.3 Å². The van der Waals surface area contributed by atoms with Crippen LogP contribution >= 0.6 is 0 Å². The number of carboxylic acids is 1. The number of aliphatic carboxylic acids is 1. The molecule has 2 N–H and O–H groups in total. The second-order valence-corrected chi connectivity index (χ2v) is 16.1. The number of rotatable bonds is 21. The molecule has 1 aromatic carbocycles. The van der Waals surface area contributed by atoms with Gasteiger partial charge in [-0.2, -0.15) is 0 Å². The molecule has 8 unspecified atom stereocenters. The van der Waals surface area contributed by atoms with E-state index in [0.29, 0.717) is 12.8 Å². The Morgan fingerprint density at radius 2 is 1.65 bits per heavy atom. The van der Waals surface area contributed by atoms with Crippen molar-refractivity contribution in [1.29, 1.82) is 0 Å². The molecule has 0 aromatic heterocycles. The highest BCUT2D eigenvalue weighted by atomic mass is 17.0. The number of ether oxygens (including phenoxy) is 4. The molecular weight excluding hydrogens is 842 g/mol. The first-order valence-corrected chi connectivity index (χ1v) is 20.2. The van der Waals surface area contributed by atoms with Crippen LogP contribution in [0.4, 0.5) is 4.79 Å². The largest absolute Gasteiger partial charge is 0.514 e. The molecule has 63 heavy (non-hydrogen) atoms. The summed E-state index contributed by atoms with van der Waals surface area (Å²) >= 11 is 0. The predicted molar refractivity (Wildman–Crippen MR) is 210 cm³/mol. The average Bonchev–Trinajstić information content (AvgIpc) is 3.56. The van der Waals surface area contributed by atoms with E-state index in [1.165, 1.54) is 25.3 Å². The van der Waals surface area contributed by atoms with E-state index in [0.717, 1.165) is 24.8 Å². The molecule has 0 heterocycles. The summed E-state index contributed by atoms with van der Waals surface area (Å²) in [4.78, 5) is 104. The van der Waals surface area contributed by atoms with Crippen LogP contribution in [0.1, 0.15) is 88.4 Å². The fourth-order valence-corrected chi connectivity index (χ4v) is 9.60. The second-order valence-electron chi connectivity index (χ2n) is 16.1. The standard InChI is InChI=1S/C36H44N2O15.C4H7NO5/c1-35-14-13-23(39)17-22(35)8-9-25-26-10-11-27(36(26,2)18-28(40)32(25)35)29(41)20-50-34(43)52-30-12-7-21(16-31(30)48-3)33(42)49-15-5-4-6-24(53-38(46)47)19-51-37(44)45;6-4(7)2-1-3-10-5(8)9/h7,12-14,16-17,24-28,32,40H,4-6,8-11,15,18-20H2,1-3H3;1-3H2,(H,6,7). The van der Waals surface area contributed by atoms with E-state index in [9.17, 15) is 59.4 Å². The molecule has 1 aromatic rings. The third-order valence-corrected chi connectivity index (χ3v) is 12.3. The Kier molecular flexibility index (Phi) is 17.3. The monoisotopic (exact) mass is 893 g/mol. The van der Waals surface area contributed by atoms with Gasteiger partial charge >= 0.3 is 18.1 Å². The Bertz CT molecular complexity index is 1940. The molecule has 23 nitrogen and oxygen atoms in total. The van der Waals surface area contributed by atoms with E-state index in [1.807, 2.05) is 6.08 Å². The fourth-order valence-electron chi connectivity index (χ4n) is 9.60. The third kappa shape index (κ3) is 13.1. The molecule has 0 saturated heterocycles. The van der Waals surface area contributed by atoms with Crippen LogP contribution in [0.2, 0.25) is 0 Å². The highest BCUT2D eigenvalue weighted by Crippen LogP contribution is 2.66. The van der Waals surface area contributed by atoms with Gasteiger partial charge in [-0.15, -0.1) is 30.3 Å². The number of allylic oxidation sites excluding steroid dienone is 4. The Balaban J connectivity index is 0.000000775. The van der Waals surface area contributed by atoms with Crippen LogP contribution in [0.15, 0.2) is 42.0 Å². The van der Waals surface area contributed by atoms with Gasteiger partial charge in [-0.1, -0.05) is 25.5 Å². The van der Waals surface area contributed by atoms with Gasteiger partial charge in [0.05, 0.1) is 32.0 Å². The van der Waals surface area contributed by atoms with Gasteiger partial charge in [0, 0.05) is 23.7 Å². The molecule has 5 rings (SSSR count).